The van der Waals surface area contributed by atoms with Crippen LogP contribution in [0, 0.1) is 5.92 Å². The molecule has 1 heterocycles. The predicted octanol–water partition coefficient (Wildman–Crippen LogP) is 1.22. The number of H-pyrrole nitrogens is 1. The third-order valence-electron chi connectivity index (χ3n) is 3.37. The van der Waals surface area contributed by atoms with E-state index in [4.69, 9.17) is 0 Å². The summed E-state index contributed by atoms with van der Waals surface area (Å²) in [5.41, 5.74) is 2.65. The first kappa shape index (κ1) is 17.6. The average molecular weight is 347 g/mol. The number of nitrogens with zero attached hydrogens (tertiary/aromatic N) is 1. The first-order chi connectivity index (χ1) is 11.4. The molecule has 1 amide bonds. The lowest BCUT2D eigenvalue weighted by atomic mass is 10.0. The van der Waals surface area contributed by atoms with Crippen LogP contribution in [0.3, 0.4) is 0 Å². The zero-order valence-electron chi connectivity index (χ0n) is 13.2. The number of amides is 1. The van der Waals surface area contributed by atoms with E-state index in [1.807, 2.05) is 30.3 Å². The Hall–Kier alpha value is -2.74. The zero-order valence-corrected chi connectivity index (χ0v) is 14.0. The monoisotopic (exact) mass is 347 g/mol. The van der Waals surface area contributed by atoms with Crippen molar-refractivity contribution in [1.82, 2.24) is 10.4 Å². The van der Waals surface area contributed by atoms with Crippen LogP contribution in [0.1, 0.15) is 25.0 Å². The van der Waals surface area contributed by atoms with Gasteiger partial charge in [0.25, 0.3) is 5.56 Å². The fourth-order valence-corrected chi connectivity index (χ4v) is 2.76. The summed E-state index contributed by atoms with van der Waals surface area (Å²) in [7, 11) is 0. The lowest BCUT2D eigenvalue weighted by Gasteiger charge is -2.10. The van der Waals surface area contributed by atoms with Gasteiger partial charge in [0.1, 0.15) is 5.56 Å². The highest BCUT2D eigenvalue weighted by molar-refractivity contribution is 7.11. The maximum Gasteiger partial charge on any atom is 0.310 e. The van der Waals surface area contributed by atoms with Crippen LogP contribution < -0.4 is 15.9 Å². The zero-order chi connectivity index (χ0) is 17.7. The molecule has 0 bridgehead atoms. The summed E-state index contributed by atoms with van der Waals surface area (Å²) in [5, 5.41) is 13.1. The second-order valence-corrected chi connectivity index (χ2v) is 6.25. The van der Waals surface area contributed by atoms with E-state index in [1.165, 1.54) is 6.92 Å². The number of carbonyl (C=O) groups is 1. The van der Waals surface area contributed by atoms with Crippen molar-refractivity contribution in [2.24, 2.45) is 11.0 Å². The van der Waals surface area contributed by atoms with Crippen molar-refractivity contribution < 1.29 is 9.90 Å². The van der Waals surface area contributed by atoms with Gasteiger partial charge in [-0.05, 0) is 30.2 Å². The summed E-state index contributed by atoms with van der Waals surface area (Å²) in [6.07, 6.45) is 0.556. The Morgan fingerprint density at radius 3 is 2.62 bits per heavy atom. The van der Waals surface area contributed by atoms with E-state index < -0.39 is 15.5 Å². The van der Waals surface area contributed by atoms with Crippen LogP contribution in [0.25, 0.3) is 0 Å². The Kier molecular flexibility index (Phi) is 5.64. The molecule has 0 radical (unpaired) electrons. The minimum Gasteiger partial charge on any atom is -0.499 e. The normalized spacial score (nSPS) is 12.7. The van der Waals surface area contributed by atoms with Crippen LogP contribution in [0.2, 0.25) is 0 Å². The number of aromatic nitrogens is 1. The van der Waals surface area contributed by atoms with Crippen LogP contribution in [0.5, 0.6) is 5.06 Å². The molecule has 24 heavy (non-hydrogen) atoms. The minimum atomic E-state index is -0.746. The molecular formula is C16H17N3O4S. The minimum absolute atomic E-state index is 0.116. The van der Waals surface area contributed by atoms with Crippen molar-refractivity contribution in [1.29, 1.82) is 0 Å². The number of nitrogens with one attached hydrogen (secondary N) is 2. The first-order valence-corrected chi connectivity index (χ1v) is 8.05. The summed E-state index contributed by atoms with van der Waals surface area (Å²) in [5.74, 6) is -0.624. The molecule has 0 fully saturated rings. The molecule has 0 aliphatic carbocycles. The van der Waals surface area contributed by atoms with Crippen molar-refractivity contribution in [2.75, 3.05) is 0 Å². The van der Waals surface area contributed by atoms with E-state index in [9.17, 15) is 19.5 Å². The Morgan fingerprint density at radius 2 is 2.00 bits per heavy atom. The van der Waals surface area contributed by atoms with Gasteiger partial charge >= 0.3 is 4.87 Å². The van der Waals surface area contributed by atoms with E-state index in [2.05, 4.69) is 15.5 Å². The summed E-state index contributed by atoms with van der Waals surface area (Å²) >= 11 is 0.495. The Labute approximate surface area is 141 Å². The number of benzene rings is 1. The highest BCUT2D eigenvalue weighted by Gasteiger charge is 2.15. The molecule has 7 nitrogen and oxygen atoms in total. The topological polar surface area (TPSA) is 112 Å². The quantitative estimate of drug-likeness (QED) is 0.558. The van der Waals surface area contributed by atoms with Crippen LogP contribution in [-0.4, -0.2) is 21.7 Å². The largest absolute Gasteiger partial charge is 0.499 e. The van der Waals surface area contributed by atoms with Gasteiger partial charge < -0.3 is 5.11 Å². The van der Waals surface area contributed by atoms with Crippen molar-refractivity contribution in [2.45, 2.75) is 20.3 Å². The highest BCUT2D eigenvalue weighted by atomic mass is 32.1. The lowest BCUT2D eigenvalue weighted by molar-refractivity contribution is -0.124. The molecule has 0 spiro atoms. The van der Waals surface area contributed by atoms with Gasteiger partial charge in [-0.2, -0.15) is 5.10 Å². The number of hydrogen-bond acceptors (Lipinski definition) is 6. The molecule has 0 aliphatic heterocycles. The molecule has 1 aromatic heterocycles. The number of rotatable bonds is 5. The molecule has 0 saturated carbocycles. The molecule has 3 N–H and O–H groups in total. The van der Waals surface area contributed by atoms with E-state index in [0.717, 1.165) is 5.56 Å². The molecule has 1 aromatic carbocycles. The van der Waals surface area contributed by atoms with Gasteiger partial charge in [-0.3, -0.25) is 19.4 Å². The summed E-state index contributed by atoms with van der Waals surface area (Å²) in [4.78, 5) is 36.3. The van der Waals surface area contributed by atoms with Gasteiger partial charge in [0.05, 0.1) is 5.71 Å². The van der Waals surface area contributed by atoms with Gasteiger partial charge in [-0.25, -0.2) is 5.43 Å². The summed E-state index contributed by atoms with van der Waals surface area (Å²) < 4.78 is 0. The van der Waals surface area contributed by atoms with Crippen molar-refractivity contribution in [3.63, 3.8) is 0 Å². The van der Waals surface area contributed by atoms with Gasteiger partial charge in [0.2, 0.25) is 5.91 Å². The van der Waals surface area contributed by atoms with Gasteiger partial charge in [-0.1, -0.05) is 37.3 Å². The van der Waals surface area contributed by atoms with E-state index in [1.54, 1.807) is 6.92 Å². The summed E-state index contributed by atoms with van der Waals surface area (Å²) in [6.45, 7) is 3.23. The molecular weight excluding hydrogens is 330 g/mol. The molecule has 2 rings (SSSR count). The fourth-order valence-electron chi connectivity index (χ4n) is 2.10. The molecule has 0 saturated heterocycles. The average Bonchev–Trinajstić information content (AvgIpc) is 2.52. The number of hydrazone groups is 1. The molecule has 126 valence electrons. The third kappa shape index (κ3) is 4.39. The fraction of sp³-hybridized carbons (Fsp3) is 0.250. The van der Waals surface area contributed by atoms with Gasteiger partial charge in [0, 0.05) is 5.92 Å². The maximum absolute atomic E-state index is 12.1. The second-order valence-electron chi connectivity index (χ2n) is 5.29. The molecule has 2 aromatic rings. The number of carbonyl (C=O) groups excluding carboxylic acids is 1. The maximum atomic E-state index is 12.1. The van der Waals surface area contributed by atoms with Gasteiger partial charge in [0.15, 0.2) is 5.06 Å². The SMILES string of the molecule is C/C(=N\NC(=O)C(C)Cc1ccccc1)c1c(O)sc(=O)[nH]c1=O. The third-order valence-corrected chi connectivity index (χ3v) is 4.06. The second kappa shape index (κ2) is 7.69. The van der Waals surface area contributed by atoms with Crippen LogP contribution >= 0.6 is 11.3 Å². The number of aromatic amines is 1. The number of hydrogen-bond donors (Lipinski definition) is 3. The van der Waals surface area contributed by atoms with Crippen LogP contribution in [0.15, 0.2) is 45.0 Å². The number of aromatic hydroxyl groups is 1. The lowest BCUT2D eigenvalue weighted by Crippen LogP contribution is -2.29. The van der Waals surface area contributed by atoms with E-state index in [-0.39, 0.29) is 23.1 Å². The Morgan fingerprint density at radius 1 is 1.33 bits per heavy atom. The molecule has 8 heteroatoms. The van der Waals surface area contributed by atoms with Gasteiger partial charge in [-0.15, -0.1) is 0 Å². The molecule has 1 atom stereocenters. The van der Waals surface area contributed by atoms with E-state index in [0.29, 0.717) is 17.8 Å². The van der Waals surface area contributed by atoms with E-state index >= 15 is 0 Å². The molecule has 0 aliphatic rings. The Balaban J connectivity index is 2.08. The predicted molar refractivity (Wildman–Crippen MR) is 92.5 cm³/mol. The Bertz CT molecular complexity index is 871. The standard InChI is InChI=1S/C16H17N3O4S/c1-9(8-11-6-4-3-5-7-11)13(20)19-18-10(2)12-14(21)17-16(23)24-15(12)22/h3-7,9,22H,8H2,1-2H3,(H,19,20)(H,17,21,23)/b18-10+. The van der Waals surface area contributed by atoms with Crippen LogP contribution in [-0.2, 0) is 11.2 Å². The van der Waals surface area contributed by atoms with Crippen molar-refractivity contribution >= 4 is 23.0 Å². The highest BCUT2D eigenvalue weighted by Crippen LogP contribution is 2.15. The van der Waals surface area contributed by atoms with Crippen molar-refractivity contribution in [3.05, 3.63) is 61.5 Å². The first-order valence-electron chi connectivity index (χ1n) is 7.23. The molecule has 1 unspecified atom stereocenters. The smallest absolute Gasteiger partial charge is 0.310 e. The van der Waals surface area contributed by atoms with Crippen molar-refractivity contribution in [3.8, 4) is 5.06 Å². The van der Waals surface area contributed by atoms with Crippen LogP contribution in [0.4, 0.5) is 0 Å². The summed E-state index contributed by atoms with van der Waals surface area (Å²) in [6, 6.07) is 9.57.